The zero-order valence-electron chi connectivity index (χ0n) is 13.8. The fraction of sp³-hybridized carbons (Fsp3) is 0.471. The Kier molecular flexibility index (Phi) is 4.32. The number of hydrogen-bond donors (Lipinski definition) is 1. The SMILES string of the molecule is Cc1cc(N2CCCC2)nc(CNC(=O)c2cc(C)oc2C)n1. The number of carbonyl (C=O) groups is 1. The third-order valence-corrected chi connectivity index (χ3v) is 4.01. The second kappa shape index (κ2) is 6.40. The maximum Gasteiger partial charge on any atom is 0.255 e. The molecule has 6 nitrogen and oxygen atoms in total. The second-order valence-corrected chi connectivity index (χ2v) is 5.99. The summed E-state index contributed by atoms with van der Waals surface area (Å²) in [6.45, 7) is 7.96. The lowest BCUT2D eigenvalue weighted by Gasteiger charge is -2.17. The first-order valence-corrected chi connectivity index (χ1v) is 7.97. The minimum Gasteiger partial charge on any atom is -0.466 e. The number of nitrogens with one attached hydrogen (secondary N) is 1. The molecule has 0 radical (unpaired) electrons. The maximum absolute atomic E-state index is 12.2. The van der Waals surface area contributed by atoms with Gasteiger partial charge >= 0.3 is 0 Å². The largest absolute Gasteiger partial charge is 0.466 e. The summed E-state index contributed by atoms with van der Waals surface area (Å²) in [5.41, 5.74) is 1.48. The van der Waals surface area contributed by atoms with Gasteiger partial charge in [0.15, 0.2) is 0 Å². The van der Waals surface area contributed by atoms with Crippen LogP contribution in [0.25, 0.3) is 0 Å². The molecule has 1 aliphatic heterocycles. The highest BCUT2D eigenvalue weighted by atomic mass is 16.3. The molecule has 6 heteroatoms. The molecule has 0 unspecified atom stereocenters. The Morgan fingerprint density at radius 1 is 1.22 bits per heavy atom. The van der Waals surface area contributed by atoms with E-state index in [1.807, 2.05) is 19.9 Å². The number of hydrogen-bond acceptors (Lipinski definition) is 5. The van der Waals surface area contributed by atoms with E-state index in [1.54, 1.807) is 13.0 Å². The predicted molar refractivity (Wildman–Crippen MR) is 87.6 cm³/mol. The summed E-state index contributed by atoms with van der Waals surface area (Å²) in [6.07, 6.45) is 2.41. The van der Waals surface area contributed by atoms with E-state index < -0.39 is 0 Å². The van der Waals surface area contributed by atoms with Crippen molar-refractivity contribution in [3.63, 3.8) is 0 Å². The zero-order valence-corrected chi connectivity index (χ0v) is 13.8. The van der Waals surface area contributed by atoms with Gasteiger partial charge in [-0.2, -0.15) is 0 Å². The Hall–Kier alpha value is -2.37. The van der Waals surface area contributed by atoms with Crippen LogP contribution in [-0.4, -0.2) is 29.0 Å². The highest BCUT2D eigenvalue weighted by molar-refractivity contribution is 5.95. The van der Waals surface area contributed by atoms with Crippen molar-refractivity contribution < 1.29 is 9.21 Å². The van der Waals surface area contributed by atoms with Crippen LogP contribution in [0.3, 0.4) is 0 Å². The molecule has 1 N–H and O–H groups in total. The van der Waals surface area contributed by atoms with Crippen LogP contribution in [0.15, 0.2) is 16.5 Å². The third-order valence-electron chi connectivity index (χ3n) is 4.01. The first-order chi connectivity index (χ1) is 11.0. The fourth-order valence-corrected chi connectivity index (χ4v) is 2.91. The lowest BCUT2D eigenvalue weighted by Crippen LogP contribution is -2.25. The number of aromatic nitrogens is 2. The molecule has 122 valence electrons. The number of amides is 1. The summed E-state index contributed by atoms with van der Waals surface area (Å²) in [4.78, 5) is 23.5. The van der Waals surface area contributed by atoms with E-state index >= 15 is 0 Å². The van der Waals surface area contributed by atoms with Crippen molar-refractivity contribution in [3.8, 4) is 0 Å². The number of rotatable bonds is 4. The Morgan fingerprint density at radius 2 is 1.96 bits per heavy atom. The first-order valence-electron chi connectivity index (χ1n) is 7.97. The average molecular weight is 314 g/mol. The lowest BCUT2D eigenvalue weighted by molar-refractivity contribution is 0.0948. The van der Waals surface area contributed by atoms with E-state index in [1.165, 1.54) is 12.8 Å². The summed E-state index contributed by atoms with van der Waals surface area (Å²) in [5.74, 6) is 2.79. The van der Waals surface area contributed by atoms with Crippen LogP contribution in [0.1, 0.15) is 46.2 Å². The van der Waals surface area contributed by atoms with Crippen molar-refractivity contribution in [2.24, 2.45) is 0 Å². The normalized spacial score (nSPS) is 14.3. The molecule has 0 saturated carbocycles. The van der Waals surface area contributed by atoms with Crippen LogP contribution >= 0.6 is 0 Å². The average Bonchev–Trinajstić information content (AvgIpc) is 3.14. The summed E-state index contributed by atoms with van der Waals surface area (Å²) < 4.78 is 5.39. The smallest absolute Gasteiger partial charge is 0.255 e. The van der Waals surface area contributed by atoms with Crippen molar-refractivity contribution >= 4 is 11.7 Å². The topological polar surface area (TPSA) is 71.3 Å². The van der Waals surface area contributed by atoms with Gasteiger partial charge < -0.3 is 14.6 Å². The Labute approximate surface area is 135 Å². The van der Waals surface area contributed by atoms with Crippen molar-refractivity contribution in [1.29, 1.82) is 0 Å². The van der Waals surface area contributed by atoms with E-state index in [0.717, 1.165) is 30.4 Å². The zero-order chi connectivity index (χ0) is 16.4. The van der Waals surface area contributed by atoms with Gasteiger partial charge in [-0.25, -0.2) is 9.97 Å². The number of furan rings is 1. The quantitative estimate of drug-likeness (QED) is 0.939. The van der Waals surface area contributed by atoms with Gasteiger partial charge in [-0.15, -0.1) is 0 Å². The van der Waals surface area contributed by atoms with E-state index in [9.17, 15) is 4.79 Å². The highest BCUT2D eigenvalue weighted by Crippen LogP contribution is 2.18. The highest BCUT2D eigenvalue weighted by Gasteiger charge is 2.16. The lowest BCUT2D eigenvalue weighted by atomic mass is 10.2. The third kappa shape index (κ3) is 3.52. The molecule has 1 amide bonds. The molecule has 0 spiro atoms. The number of nitrogens with zero attached hydrogens (tertiary/aromatic N) is 3. The fourth-order valence-electron chi connectivity index (χ4n) is 2.91. The van der Waals surface area contributed by atoms with Gasteiger partial charge in [-0.05, 0) is 39.7 Å². The predicted octanol–water partition coefficient (Wildman–Crippen LogP) is 2.53. The van der Waals surface area contributed by atoms with Crippen LogP contribution in [-0.2, 0) is 6.54 Å². The van der Waals surface area contributed by atoms with Crippen molar-refractivity contribution in [2.45, 2.75) is 40.2 Å². The molecule has 1 aliphatic rings. The molecule has 1 saturated heterocycles. The van der Waals surface area contributed by atoms with Crippen LogP contribution in [0.4, 0.5) is 5.82 Å². The van der Waals surface area contributed by atoms with Gasteiger partial charge in [0.2, 0.25) is 0 Å². The van der Waals surface area contributed by atoms with E-state index in [2.05, 4.69) is 20.2 Å². The van der Waals surface area contributed by atoms with E-state index in [0.29, 0.717) is 23.7 Å². The number of carbonyl (C=O) groups excluding carboxylic acids is 1. The molecular weight excluding hydrogens is 292 g/mol. The van der Waals surface area contributed by atoms with Gasteiger partial charge in [-0.3, -0.25) is 4.79 Å². The standard InChI is InChI=1S/C17H22N4O2/c1-11-8-16(21-6-4-5-7-21)20-15(19-11)10-18-17(22)14-9-12(2)23-13(14)3/h8-9H,4-7,10H2,1-3H3,(H,18,22). The molecule has 0 aliphatic carbocycles. The van der Waals surface area contributed by atoms with Crippen LogP contribution < -0.4 is 10.2 Å². The number of anilines is 1. The molecule has 0 aromatic carbocycles. The Bertz CT molecular complexity index is 717. The first kappa shape index (κ1) is 15.5. The molecule has 2 aromatic rings. The molecule has 0 bridgehead atoms. The van der Waals surface area contributed by atoms with Crippen molar-refractivity contribution in [2.75, 3.05) is 18.0 Å². The summed E-state index contributed by atoms with van der Waals surface area (Å²) in [5, 5.41) is 2.87. The molecule has 23 heavy (non-hydrogen) atoms. The second-order valence-electron chi connectivity index (χ2n) is 5.99. The van der Waals surface area contributed by atoms with Crippen LogP contribution in [0.2, 0.25) is 0 Å². The Morgan fingerprint density at radius 3 is 2.61 bits per heavy atom. The van der Waals surface area contributed by atoms with Gasteiger partial charge in [0, 0.05) is 24.8 Å². The molecule has 2 aromatic heterocycles. The van der Waals surface area contributed by atoms with E-state index in [-0.39, 0.29) is 5.91 Å². The van der Waals surface area contributed by atoms with Gasteiger partial charge in [0.05, 0.1) is 12.1 Å². The Balaban J connectivity index is 1.70. The summed E-state index contributed by atoms with van der Waals surface area (Å²) >= 11 is 0. The summed E-state index contributed by atoms with van der Waals surface area (Å²) in [7, 11) is 0. The molecule has 0 atom stereocenters. The molecule has 1 fully saturated rings. The summed E-state index contributed by atoms with van der Waals surface area (Å²) in [6, 6.07) is 3.75. The van der Waals surface area contributed by atoms with Gasteiger partial charge in [0.25, 0.3) is 5.91 Å². The van der Waals surface area contributed by atoms with Crippen LogP contribution in [0.5, 0.6) is 0 Å². The molecule has 3 rings (SSSR count). The molecule has 3 heterocycles. The van der Waals surface area contributed by atoms with E-state index in [4.69, 9.17) is 4.42 Å². The van der Waals surface area contributed by atoms with Crippen molar-refractivity contribution in [1.82, 2.24) is 15.3 Å². The van der Waals surface area contributed by atoms with Gasteiger partial charge in [-0.1, -0.05) is 0 Å². The van der Waals surface area contributed by atoms with Crippen LogP contribution in [0, 0.1) is 20.8 Å². The minimum atomic E-state index is -0.160. The molecular formula is C17H22N4O2. The maximum atomic E-state index is 12.2. The van der Waals surface area contributed by atoms with Gasteiger partial charge in [0.1, 0.15) is 23.2 Å². The monoisotopic (exact) mass is 314 g/mol. The minimum absolute atomic E-state index is 0.160. The van der Waals surface area contributed by atoms with Crippen molar-refractivity contribution in [3.05, 3.63) is 40.7 Å². The number of aryl methyl sites for hydroxylation is 3.